The second-order valence-corrected chi connectivity index (χ2v) is 17.0. The van der Waals surface area contributed by atoms with Gasteiger partial charge in [-0.2, -0.15) is 0 Å². The zero-order valence-electron chi connectivity index (χ0n) is 29.6. The van der Waals surface area contributed by atoms with Crippen LogP contribution in [-0.4, -0.2) is 67.6 Å². The number of methoxy groups -OCH3 is 1. The minimum absolute atomic E-state index is 0.00459. The van der Waals surface area contributed by atoms with Crippen molar-refractivity contribution in [2.75, 3.05) is 19.0 Å². The van der Waals surface area contributed by atoms with Gasteiger partial charge in [0.15, 0.2) is 11.6 Å². The van der Waals surface area contributed by atoms with Crippen LogP contribution >= 0.6 is 0 Å². The Bertz CT molecular complexity index is 1980. The molecule has 13 heteroatoms. The number of carbonyl (C=O) groups excluding carboxylic acids is 3. The first-order valence-electron chi connectivity index (χ1n) is 17.3. The Balaban J connectivity index is 1.35. The summed E-state index contributed by atoms with van der Waals surface area (Å²) in [6, 6.07) is 18.5. The number of ether oxygens (including phenoxy) is 1. The average molecular weight is 735 g/mol. The fraction of sp³-hybridized carbons (Fsp3) is 0.410. The highest BCUT2D eigenvalue weighted by Crippen LogP contribution is 2.47. The van der Waals surface area contributed by atoms with Crippen LogP contribution in [0.25, 0.3) is 11.1 Å². The second-order valence-electron chi connectivity index (χ2n) is 15.1. The van der Waals surface area contributed by atoms with Gasteiger partial charge < -0.3 is 20.3 Å². The summed E-state index contributed by atoms with van der Waals surface area (Å²) in [4.78, 5) is 44.1. The molecule has 3 aromatic carbocycles. The Morgan fingerprint density at radius 1 is 0.962 bits per heavy atom. The number of hydrogen-bond donors (Lipinski definition) is 3. The van der Waals surface area contributed by atoms with Crippen LogP contribution in [0.15, 0.2) is 85.5 Å². The van der Waals surface area contributed by atoms with Crippen LogP contribution in [0.3, 0.4) is 0 Å². The van der Waals surface area contributed by atoms with Crippen LogP contribution in [-0.2, 0) is 34.7 Å². The summed E-state index contributed by atoms with van der Waals surface area (Å²) in [5.74, 6) is -4.69. The van der Waals surface area contributed by atoms with Crippen LogP contribution in [0.2, 0.25) is 0 Å². The van der Waals surface area contributed by atoms with Crippen LogP contribution in [0, 0.1) is 23.0 Å². The zero-order chi connectivity index (χ0) is 37.6. The largest absolute Gasteiger partial charge is 0.373 e. The molecule has 0 unspecified atom stereocenters. The molecule has 3 aromatic rings. The maximum atomic E-state index is 14.7. The van der Waals surface area contributed by atoms with E-state index in [1.165, 1.54) is 24.2 Å². The van der Waals surface area contributed by atoms with Gasteiger partial charge in [0.25, 0.3) is 5.91 Å². The number of amides is 3. The van der Waals surface area contributed by atoms with Crippen molar-refractivity contribution in [3.63, 3.8) is 0 Å². The Morgan fingerprint density at radius 2 is 1.62 bits per heavy atom. The van der Waals surface area contributed by atoms with Crippen molar-refractivity contribution >= 4 is 33.4 Å². The molecule has 0 bridgehead atoms. The lowest BCUT2D eigenvalue weighted by Gasteiger charge is -2.36. The first-order chi connectivity index (χ1) is 24.5. The number of benzene rings is 3. The van der Waals surface area contributed by atoms with Gasteiger partial charge >= 0.3 is 0 Å². The molecule has 276 valence electrons. The number of nitrogens with zero attached hydrogens (tertiary/aromatic N) is 1. The molecule has 3 amide bonds. The van der Waals surface area contributed by atoms with Gasteiger partial charge in [-0.05, 0) is 53.5 Å². The third kappa shape index (κ3) is 7.20. The SMILES string of the molecule is C=C[C@@H]1C[C@]1(NC(=O)[C@@H]1C[C@@](OC)(c2ccc(-c3ccccc3)cc2)CN1C(=O)[C@@H](Nc1ccc(F)c(F)c1)C(C)(C)C)C(=O)NS(=O)(=O)C1CC1. The molecule has 5 atom stereocenters. The molecule has 2 saturated carbocycles. The molecule has 0 aromatic heterocycles. The lowest BCUT2D eigenvalue weighted by atomic mass is 9.85. The van der Waals surface area contributed by atoms with E-state index in [9.17, 15) is 31.6 Å². The van der Waals surface area contributed by atoms with Crippen molar-refractivity contribution in [1.82, 2.24) is 14.9 Å². The molecule has 3 fully saturated rings. The van der Waals surface area contributed by atoms with Crippen LogP contribution in [0.5, 0.6) is 0 Å². The van der Waals surface area contributed by atoms with Gasteiger partial charge in [0, 0.05) is 31.2 Å². The van der Waals surface area contributed by atoms with Crippen molar-refractivity contribution in [2.24, 2.45) is 11.3 Å². The van der Waals surface area contributed by atoms with Crippen LogP contribution < -0.4 is 15.4 Å². The van der Waals surface area contributed by atoms with E-state index in [-0.39, 0.29) is 25.1 Å². The van der Waals surface area contributed by atoms with Gasteiger partial charge in [-0.25, -0.2) is 17.2 Å². The molecule has 3 aliphatic rings. The van der Waals surface area contributed by atoms with Crippen LogP contribution in [0.1, 0.15) is 52.0 Å². The number of anilines is 1. The summed E-state index contributed by atoms with van der Waals surface area (Å²) in [6.45, 7) is 9.13. The highest BCUT2D eigenvalue weighted by Gasteiger charge is 2.62. The summed E-state index contributed by atoms with van der Waals surface area (Å²) in [5.41, 5.74) is -0.685. The first-order valence-corrected chi connectivity index (χ1v) is 18.8. The normalized spacial score (nSPS) is 24.8. The summed E-state index contributed by atoms with van der Waals surface area (Å²) in [6.07, 6.45) is 2.53. The Morgan fingerprint density at radius 3 is 2.17 bits per heavy atom. The topological polar surface area (TPSA) is 134 Å². The van der Waals surface area contributed by atoms with Gasteiger partial charge in [-0.1, -0.05) is 81.4 Å². The fourth-order valence-corrected chi connectivity index (χ4v) is 8.36. The summed E-state index contributed by atoms with van der Waals surface area (Å²) < 4.78 is 61.8. The smallest absolute Gasteiger partial charge is 0.259 e. The lowest BCUT2D eigenvalue weighted by molar-refractivity contribution is -0.142. The molecule has 1 aliphatic heterocycles. The second kappa shape index (κ2) is 13.7. The number of nitrogens with one attached hydrogen (secondary N) is 3. The van der Waals surface area contributed by atoms with E-state index in [0.29, 0.717) is 18.4 Å². The van der Waals surface area contributed by atoms with Crippen molar-refractivity contribution in [1.29, 1.82) is 0 Å². The Labute approximate surface area is 303 Å². The van der Waals surface area contributed by atoms with E-state index in [2.05, 4.69) is 21.9 Å². The summed E-state index contributed by atoms with van der Waals surface area (Å²) in [5, 5.41) is 5.22. The van der Waals surface area contributed by atoms with Gasteiger partial charge in [0.05, 0.1) is 11.8 Å². The van der Waals surface area contributed by atoms with Crippen molar-refractivity contribution < 1.29 is 36.3 Å². The average Bonchev–Trinajstić information content (AvgIpc) is 4.05. The molecule has 0 spiro atoms. The summed E-state index contributed by atoms with van der Waals surface area (Å²) >= 11 is 0. The molecule has 3 N–H and O–H groups in total. The Hall–Kier alpha value is -4.62. The van der Waals surface area contributed by atoms with Gasteiger partial charge in [-0.15, -0.1) is 6.58 Å². The minimum atomic E-state index is -3.91. The molecular weight excluding hydrogens is 691 g/mol. The number of halogens is 2. The number of carbonyl (C=O) groups is 3. The maximum absolute atomic E-state index is 14.7. The summed E-state index contributed by atoms with van der Waals surface area (Å²) in [7, 11) is -2.41. The zero-order valence-corrected chi connectivity index (χ0v) is 30.4. The van der Waals surface area contributed by atoms with Gasteiger partial charge in [-0.3, -0.25) is 19.1 Å². The number of likely N-dealkylation sites (tertiary alicyclic amines) is 1. The molecule has 6 rings (SSSR count). The van der Waals surface area contributed by atoms with E-state index >= 15 is 0 Å². The van der Waals surface area contributed by atoms with E-state index < -0.39 is 79.2 Å². The third-order valence-corrected chi connectivity index (χ3v) is 12.2. The van der Waals surface area contributed by atoms with E-state index in [1.807, 2.05) is 54.6 Å². The maximum Gasteiger partial charge on any atom is 0.259 e. The predicted octanol–water partition coefficient (Wildman–Crippen LogP) is 5.27. The van der Waals surface area contributed by atoms with Crippen molar-refractivity contribution in [3.8, 4) is 11.1 Å². The van der Waals surface area contributed by atoms with E-state index in [4.69, 9.17) is 4.74 Å². The standard InChI is InChI=1S/C39H44F2N4O6S/c1-6-26-21-39(26,36(48)44-52(49,50)29-17-18-29)43-34(46)32-22-38(51-5,27-14-12-25(13-15-27)24-10-8-7-9-11-24)23-45(32)35(47)33(37(2,3)4)42-28-16-19-30(40)31(41)20-28/h6-16,19-20,26,29,32-33,42H,1,17-18,21-23H2,2-5H3,(H,43,46)(H,44,48)/t26-,32+,33-,38+,39-/m1/s1. The van der Waals surface area contributed by atoms with Gasteiger partial charge in [0.2, 0.25) is 21.8 Å². The van der Waals surface area contributed by atoms with Crippen LogP contribution in [0.4, 0.5) is 14.5 Å². The Kier molecular flexibility index (Phi) is 9.81. The number of rotatable bonds is 12. The monoisotopic (exact) mass is 734 g/mol. The molecular formula is C39H44F2N4O6S. The van der Waals surface area contributed by atoms with E-state index in [0.717, 1.165) is 23.3 Å². The lowest BCUT2D eigenvalue weighted by Crippen LogP contribution is -2.58. The fourth-order valence-electron chi connectivity index (χ4n) is 7.00. The highest BCUT2D eigenvalue weighted by molar-refractivity contribution is 7.91. The molecule has 2 aliphatic carbocycles. The molecule has 0 radical (unpaired) electrons. The molecule has 52 heavy (non-hydrogen) atoms. The van der Waals surface area contributed by atoms with Gasteiger partial charge in [0.1, 0.15) is 23.2 Å². The quantitative estimate of drug-likeness (QED) is 0.216. The molecule has 10 nitrogen and oxygen atoms in total. The van der Waals surface area contributed by atoms with E-state index in [1.54, 1.807) is 20.8 Å². The number of sulfonamides is 1. The first kappa shape index (κ1) is 37.1. The highest BCUT2D eigenvalue weighted by atomic mass is 32.2. The predicted molar refractivity (Wildman–Crippen MR) is 193 cm³/mol. The molecule has 1 saturated heterocycles. The van der Waals surface area contributed by atoms with Crippen molar-refractivity contribution in [2.45, 2.75) is 74.9 Å². The molecule has 1 heterocycles. The number of hydrogen-bond acceptors (Lipinski definition) is 7. The van der Waals surface area contributed by atoms with Crippen molar-refractivity contribution in [3.05, 3.63) is 103 Å². The third-order valence-electron chi connectivity index (χ3n) is 10.4. The minimum Gasteiger partial charge on any atom is -0.373 e.